The van der Waals surface area contributed by atoms with Crippen LogP contribution >= 0.6 is 0 Å². The Morgan fingerprint density at radius 1 is 1.31 bits per heavy atom. The van der Waals surface area contributed by atoms with E-state index in [1.807, 2.05) is 0 Å². The van der Waals surface area contributed by atoms with Crippen molar-refractivity contribution in [2.45, 2.75) is 50.4 Å². The summed E-state index contributed by atoms with van der Waals surface area (Å²) in [6.07, 6.45) is 1.75. The van der Waals surface area contributed by atoms with Crippen LogP contribution in [0.3, 0.4) is 0 Å². The van der Waals surface area contributed by atoms with E-state index >= 15 is 0 Å². The van der Waals surface area contributed by atoms with Gasteiger partial charge in [-0.25, -0.2) is 9.18 Å². The van der Waals surface area contributed by atoms with E-state index in [9.17, 15) is 14.0 Å². The Labute approximate surface area is 167 Å². The van der Waals surface area contributed by atoms with Gasteiger partial charge in [0.1, 0.15) is 23.8 Å². The summed E-state index contributed by atoms with van der Waals surface area (Å²) >= 11 is 0. The van der Waals surface area contributed by atoms with Crippen molar-refractivity contribution in [2.24, 2.45) is 0 Å². The fourth-order valence-corrected chi connectivity index (χ4v) is 3.51. The quantitative estimate of drug-likeness (QED) is 0.689. The van der Waals surface area contributed by atoms with E-state index in [0.717, 1.165) is 18.5 Å². The number of anilines is 1. The first kappa shape index (κ1) is 19.4. The van der Waals surface area contributed by atoms with E-state index in [0.29, 0.717) is 30.8 Å². The largest absolute Gasteiger partial charge is 0.446 e. The number of rotatable bonds is 6. The van der Waals surface area contributed by atoms with Crippen LogP contribution < -0.4 is 10.6 Å². The number of carbonyl (C=O) groups is 2. The molecule has 154 valence electrons. The molecule has 3 N–H and O–H groups in total. The van der Waals surface area contributed by atoms with Crippen molar-refractivity contribution in [3.8, 4) is 0 Å². The van der Waals surface area contributed by atoms with Crippen molar-refractivity contribution < 1.29 is 23.5 Å². The number of nitrogens with one attached hydrogen (secondary N) is 3. The van der Waals surface area contributed by atoms with Crippen LogP contribution in [0.25, 0.3) is 0 Å². The van der Waals surface area contributed by atoms with Crippen LogP contribution in [0.1, 0.15) is 42.9 Å². The molecule has 0 spiro atoms. The molecule has 4 rings (SSSR count). The Kier molecular flexibility index (Phi) is 5.75. The molecule has 1 aromatic heterocycles. The van der Waals surface area contributed by atoms with Crippen LogP contribution in [-0.2, 0) is 20.8 Å². The molecule has 2 heterocycles. The molecule has 0 radical (unpaired) electrons. The number of carbonyl (C=O) groups excluding carboxylic acids is 2. The van der Waals surface area contributed by atoms with Crippen LogP contribution in [0.15, 0.2) is 30.3 Å². The highest BCUT2D eigenvalue weighted by Gasteiger charge is 2.35. The summed E-state index contributed by atoms with van der Waals surface area (Å²) in [4.78, 5) is 24.0. The summed E-state index contributed by atoms with van der Waals surface area (Å²) in [7, 11) is 0. The van der Waals surface area contributed by atoms with Crippen molar-refractivity contribution in [1.29, 1.82) is 0 Å². The van der Waals surface area contributed by atoms with Crippen LogP contribution in [0.2, 0.25) is 0 Å². The molecule has 2 aliphatic rings. The summed E-state index contributed by atoms with van der Waals surface area (Å²) in [5.74, 6) is 0.160. The average molecular weight is 402 g/mol. The number of halogens is 1. The van der Waals surface area contributed by atoms with E-state index in [4.69, 9.17) is 9.47 Å². The molecule has 8 nitrogen and oxygen atoms in total. The Morgan fingerprint density at radius 3 is 2.90 bits per heavy atom. The zero-order valence-corrected chi connectivity index (χ0v) is 15.8. The number of benzene rings is 1. The molecule has 2 fully saturated rings. The summed E-state index contributed by atoms with van der Waals surface area (Å²) in [5, 5.41) is 12.4. The van der Waals surface area contributed by atoms with Gasteiger partial charge >= 0.3 is 6.09 Å². The molecule has 1 aromatic carbocycles. The van der Waals surface area contributed by atoms with Crippen molar-refractivity contribution in [1.82, 2.24) is 15.5 Å². The fourth-order valence-electron chi connectivity index (χ4n) is 3.51. The highest BCUT2D eigenvalue weighted by molar-refractivity contribution is 5.93. The number of ether oxygens (including phenoxy) is 2. The molecule has 9 heteroatoms. The summed E-state index contributed by atoms with van der Waals surface area (Å²) in [6, 6.07) is 8.07. The Morgan fingerprint density at radius 2 is 2.14 bits per heavy atom. The molecule has 29 heavy (non-hydrogen) atoms. The minimum Gasteiger partial charge on any atom is -0.446 e. The number of alkyl carbamates (subject to hydrolysis) is 1. The topological polar surface area (TPSA) is 105 Å². The molecule has 1 saturated heterocycles. The van der Waals surface area contributed by atoms with Crippen molar-refractivity contribution in [3.05, 3.63) is 47.4 Å². The summed E-state index contributed by atoms with van der Waals surface area (Å²) < 4.78 is 24.3. The van der Waals surface area contributed by atoms with Crippen molar-refractivity contribution in [2.75, 3.05) is 11.9 Å². The van der Waals surface area contributed by atoms with Gasteiger partial charge in [0.05, 0.1) is 5.69 Å². The first-order valence-electron chi connectivity index (χ1n) is 9.74. The average Bonchev–Trinajstić information content (AvgIpc) is 3.36. The number of amides is 2. The highest BCUT2D eigenvalue weighted by Crippen LogP contribution is 2.38. The number of aromatic amines is 1. The molecule has 1 atom stereocenters. The Balaban J connectivity index is 1.19. The predicted molar refractivity (Wildman–Crippen MR) is 102 cm³/mol. The van der Waals surface area contributed by atoms with Crippen LogP contribution in [-0.4, -0.2) is 41.0 Å². The lowest BCUT2D eigenvalue weighted by molar-refractivity contribution is -0.124. The van der Waals surface area contributed by atoms with Gasteiger partial charge in [-0.3, -0.25) is 9.89 Å². The van der Waals surface area contributed by atoms with Gasteiger partial charge in [-0.2, -0.15) is 5.10 Å². The minimum atomic E-state index is -0.566. The highest BCUT2D eigenvalue weighted by atomic mass is 19.1. The first-order valence-corrected chi connectivity index (χ1v) is 9.74. The molecular weight excluding hydrogens is 379 g/mol. The molecule has 1 saturated carbocycles. The minimum absolute atomic E-state index is 0.0782. The van der Waals surface area contributed by atoms with Gasteiger partial charge in [-0.1, -0.05) is 18.2 Å². The maximum absolute atomic E-state index is 13.6. The lowest BCUT2D eigenvalue weighted by Gasteiger charge is -2.33. The monoisotopic (exact) mass is 402 g/mol. The number of H-pyrrole nitrogens is 1. The van der Waals surface area contributed by atoms with Gasteiger partial charge in [0, 0.05) is 30.7 Å². The lowest BCUT2D eigenvalue weighted by Crippen LogP contribution is -2.36. The zero-order valence-electron chi connectivity index (χ0n) is 15.8. The van der Waals surface area contributed by atoms with E-state index in [1.165, 1.54) is 6.07 Å². The van der Waals surface area contributed by atoms with Gasteiger partial charge in [0.25, 0.3) is 5.91 Å². The molecule has 2 aromatic rings. The Bertz CT molecular complexity index is 875. The number of hydrogen-bond acceptors (Lipinski definition) is 5. The number of hydrogen-bond donors (Lipinski definition) is 3. The van der Waals surface area contributed by atoms with E-state index in [-0.39, 0.29) is 30.3 Å². The smallest absolute Gasteiger partial charge is 0.407 e. The second-order valence-electron chi connectivity index (χ2n) is 7.34. The van der Waals surface area contributed by atoms with E-state index in [1.54, 1.807) is 24.3 Å². The Hall–Kier alpha value is -2.94. The fraction of sp³-hybridized carbons (Fsp3) is 0.450. The van der Waals surface area contributed by atoms with Gasteiger partial charge in [0.2, 0.25) is 0 Å². The van der Waals surface area contributed by atoms with Crippen molar-refractivity contribution in [3.63, 3.8) is 0 Å². The normalized spacial score (nSPS) is 23.3. The SMILES string of the molecule is O=C(NCc1ccccc1F)OC1CC(c2cc(NC(=O)C3CCCO3)[nH]n2)C1. The lowest BCUT2D eigenvalue weighted by atomic mass is 9.80. The van der Waals surface area contributed by atoms with Crippen molar-refractivity contribution >= 4 is 17.8 Å². The molecular formula is C20H23FN4O4. The number of nitrogens with zero attached hydrogens (tertiary/aromatic N) is 1. The molecule has 1 unspecified atom stereocenters. The van der Waals surface area contributed by atoms with Gasteiger partial charge in [0.15, 0.2) is 0 Å². The third-order valence-corrected chi connectivity index (χ3v) is 5.25. The first-order chi connectivity index (χ1) is 14.1. The van der Waals surface area contributed by atoms with Crippen LogP contribution in [0.5, 0.6) is 0 Å². The third kappa shape index (κ3) is 4.73. The predicted octanol–water partition coefficient (Wildman–Crippen LogP) is 2.84. The van der Waals surface area contributed by atoms with Gasteiger partial charge in [-0.05, 0) is 31.7 Å². The zero-order chi connectivity index (χ0) is 20.2. The van der Waals surface area contributed by atoms with Gasteiger partial charge in [-0.15, -0.1) is 0 Å². The molecule has 1 aliphatic carbocycles. The molecule has 0 bridgehead atoms. The van der Waals surface area contributed by atoms with E-state index < -0.39 is 12.2 Å². The maximum Gasteiger partial charge on any atom is 0.407 e. The van der Waals surface area contributed by atoms with Gasteiger partial charge < -0.3 is 20.1 Å². The third-order valence-electron chi connectivity index (χ3n) is 5.25. The molecule has 1 aliphatic heterocycles. The van der Waals surface area contributed by atoms with E-state index in [2.05, 4.69) is 20.8 Å². The number of aromatic nitrogens is 2. The summed E-state index contributed by atoms with van der Waals surface area (Å²) in [5.41, 5.74) is 1.23. The maximum atomic E-state index is 13.6. The molecule has 2 amide bonds. The second kappa shape index (κ2) is 8.60. The standard InChI is InChI=1S/C20H23FN4O4/c21-15-5-2-1-4-12(15)11-22-20(27)29-14-8-13(9-14)16-10-18(25-24-16)23-19(26)17-6-3-7-28-17/h1-2,4-5,10,13-14,17H,3,6-9,11H2,(H,22,27)(H2,23,24,25,26). The van der Waals surface area contributed by atoms with Crippen LogP contribution in [0.4, 0.5) is 15.0 Å². The van der Waals surface area contributed by atoms with Crippen LogP contribution in [0, 0.1) is 5.82 Å². The second-order valence-corrected chi connectivity index (χ2v) is 7.34. The summed E-state index contributed by atoms with van der Waals surface area (Å²) in [6.45, 7) is 0.693.